The number of rotatable bonds is 4. The van der Waals surface area contributed by atoms with Crippen LogP contribution >= 0.6 is 0 Å². The lowest BCUT2D eigenvalue weighted by molar-refractivity contribution is 0.103. The topological polar surface area (TPSA) is 23.5 Å². The van der Waals surface area contributed by atoms with Crippen molar-refractivity contribution in [2.45, 2.75) is 25.3 Å². The Morgan fingerprint density at radius 1 is 1.69 bits per heavy atom. The van der Waals surface area contributed by atoms with Gasteiger partial charge in [0.1, 0.15) is 0 Å². The molecule has 0 unspecified atom stereocenters. The van der Waals surface area contributed by atoms with E-state index in [0.717, 1.165) is 31.5 Å². The predicted octanol–water partition coefficient (Wildman–Crippen LogP) is 1.58. The van der Waals surface area contributed by atoms with Gasteiger partial charge in [-0.15, -0.1) is 6.58 Å². The minimum atomic E-state index is -0.172. The maximum absolute atomic E-state index is 9.45. The van der Waals surface area contributed by atoms with Crippen LogP contribution in [0.4, 0.5) is 0 Å². The van der Waals surface area contributed by atoms with Gasteiger partial charge in [-0.3, -0.25) is 4.90 Å². The second kappa shape index (κ2) is 4.07. The third kappa shape index (κ3) is 1.69. The summed E-state index contributed by atoms with van der Waals surface area (Å²) < 4.78 is 0. The van der Waals surface area contributed by atoms with E-state index in [0.29, 0.717) is 0 Å². The standard InChI is InChI=1S/C11H19NO/c1-4-7-12-8-5-6-11(12,9-13)10(2)3/h4,13H,1-2,5-9H2,3H3/t11-/m1/s1. The van der Waals surface area contributed by atoms with Crippen LogP contribution < -0.4 is 0 Å². The lowest BCUT2D eigenvalue weighted by atomic mass is 9.90. The fourth-order valence-electron chi connectivity index (χ4n) is 2.15. The molecular formula is C11H19NO. The minimum Gasteiger partial charge on any atom is -0.394 e. The van der Waals surface area contributed by atoms with Gasteiger partial charge in [0, 0.05) is 6.54 Å². The highest BCUT2D eigenvalue weighted by atomic mass is 16.3. The highest BCUT2D eigenvalue weighted by Crippen LogP contribution is 2.34. The zero-order valence-electron chi connectivity index (χ0n) is 8.42. The van der Waals surface area contributed by atoms with Crippen LogP contribution in [-0.2, 0) is 0 Å². The van der Waals surface area contributed by atoms with E-state index in [-0.39, 0.29) is 12.1 Å². The maximum atomic E-state index is 9.45. The van der Waals surface area contributed by atoms with Gasteiger partial charge in [0.25, 0.3) is 0 Å². The van der Waals surface area contributed by atoms with Crippen LogP contribution in [0, 0.1) is 0 Å². The molecule has 2 heteroatoms. The number of aliphatic hydroxyl groups excluding tert-OH is 1. The molecule has 0 amide bonds. The molecule has 13 heavy (non-hydrogen) atoms. The molecule has 1 atom stereocenters. The molecule has 0 saturated carbocycles. The summed E-state index contributed by atoms with van der Waals surface area (Å²) in [4.78, 5) is 2.27. The molecular weight excluding hydrogens is 162 g/mol. The van der Waals surface area contributed by atoms with Crippen LogP contribution in [0.3, 0.4) is 0 Å². The molecule has 74 valence electrons. The number of likely N-dealkylation sites (tertiary alicyclic amines) is 1. The largest absolute Gasteiger partial charge is 0.394 e. The molecule has 1 N–H and O–H groups in total. The molecule has 1 aliphatic heterocycles. The first kappa shape index (κ1) is 10.5. The van der Waals surface area contributed by atoms with E-state index >= 15 is 0 Å². The Bertz CT molecular complexity index is 212. The fourth-order valence-corrected chi connectivity index (χ4v) is 2.15. The summed E-state index contributed by atoms with van der Waals surface area (Å²) in [5, 5.41) is 9.45. The van der Waals surface area contributed by atoms with Crippen molar-refractivity contribution < 1.29 is 5.11 Å². The van der Waals surface area contributed by atoms with Crippen molar-refractivity contribution in [3.63, 3.8) is 0 Å². The summed E-state index contributed by atoms with van der Waals surface area (Å²) in [6.07, 6.45) is 4.05. The van der Waals surface area contributed by atoms with Crippen molar-refractivity contribution in [3.05, 3.63) is 24.8 Å². The average molecular weight is 181 g/mol. The molecule has 1 aliphatic rings. The summed E-state index contributed by atoms with van der Waals surface area (Å²) in [6, 6.07) is 0. The third-order valence-electron chi connectivity index (χ3n) is 3.03. The summed E-state index contributed by atoms with van der Waals surface area (Å²) in [7, 11) is 0. The molecule has 1 rings (SSSR count). The van der Waals surface area contributed by atoms with Gasteiger partial charge in [-0.25, -0.2) is 0 Å². The highest BCUT2D eigenvalue weighted by Gasteiger charge is 2.40. The van der Waals surface area contributed by atoms with E-state index in [1.807, 2.05) is 13.0 Å². The van der Waals surface area contributed by atoms with Gasteiger partial charge in [-0.05, 0) is 26.3 Å². The van der Waals surface area contributed by atoms with Crippen LogP contribution in [0.15, 0.2) is 24.8 Å². The van der Waals surface area contributed by atoms with E-state index in [9.17, 15) is 5.11 Å². The van der Waals surface area contributed by atoms with Gasteiger partial charge in [-0.2, -0.15) is 0 Å². The monoisotopic (exact) mass is 181 g/mol. The van der Waals surface area contributed by atoms with Gasteiger partial charge < -0.3 is 5.11 Å². The Labute approximate surface area is 80.6 Å². The quantitative estimate of drug-likeness (QED) is 0.666. The van der Waals surface area contributed by atoms with Gasteiger partial charge in [-0.1, -0.05) is 18.2 Å². The lowest BCUT2D eigenvalue weighted by Gasteiger charge is -2.37. The fraction of sp³-hybridized carbons (Fsp3) is 0.636. The Morgan fingerprint density at radius 3 is 2.85 bits per heavy atom. The van der Waals surface area contributed by atoms with Gasteiger partial charge >= 0.3 is 0 Å². The normalized spacial score (nSPS) is 29.1. The summed E-state index contributed by atoms with van der Waals surface area (Å²) in [6.45, 7) is 11.8. The Hall–Kier alpha value is -0.600. The van der Waals surface area contributed by atoms with E-state index in [2.05, 4.69) is 18.1 Å². The van der Waals surface area contributed by atoms with Crippen LogP contribution in [0.25, 0.3) is 0 Å². The molecule has 0 aromatic rings. The molecule has 0 aliphatic carbocycles. The average Bonchev–Trinajstić information content (AvgIpc) is 2.49. The molecule has 2 nitrogen and oxygen atoms in total. The Morgan fingerprint density at radius 2 is 2.38 bits per heavy atom. The number of hydrogen-bond donors (Lipinski definition) is 1. The van der Waals surface area contributed by atoms with Gasteiger partial charge in [0.05, 0.1) is 12.1 Å². The molecule has 0 bridgehead atoms. The Kier molecular flexibility index (Phi) is 3.28. The van der Waals surface area contributed by atoms with Crippen LogP contribution in [0.5, 0.6) is 0 Å². The van der Waals surface area contributed by atoms with E-state index < -0.39 is 0 Å². The lowest BCUT2D eigenvalue weighted by Crippen LogP contribution is -2.47. The van der Waals surface area contributed by atoms with Crippen molar-refractivity contribution in [2.24, 2.45) is 0 Å². The van der Waals surface area contributed by atoms with Crippen molar-refractivity contribution in [1.29, 1.82) is 0 Å². The van der Waals surface area contributed by atoms with E-state index in [1.165, 1.54) is 0 Å². The van der Waals surface area contributed by atoms with Crippen molar-refractivity contribution in [1.82, 2.24) is 4.90 Å². The number of hydrogen-bond acceptors (Lipinski definition) is 2. The van der Waals surface area contributed by atoms with E-state index in [4.69, 9.17) is 0 Å². The van der Waals surface area contributed by atoms with Gasteiger partial charge in [0.15, 0.2) is 0 Å². The maximum Gasteiger partial charge on any atom is 0.0654 e. The third-order valence-corrected chi connectivity index (χ3v) is 3.03. The zero-order valence-corrected chi connectivity index (χ0v) is 8.42. The van der Waals surface area contributed by atoms with Crippen molar-refractivity contribution in [2.75, 3.05) is 19.7 Å². The molecule has 0 aromatic carbocycles. The van der Waals surface area contributed by atoms with Crippen molar-refractivity contribution >= 4 is 0 Å². The summed E-state index contributed by atoms with van der Waals surface area (Å²) >= 11 is 0. The SMILES string of the molecule is C=CCN1CCC[C@@]1(CO)C(=C)C. The first-order valence-corrected chi connectivity index (χ1v) is 4.80. The summed E-state index contributed by atoms with van der Waals surface area (Å²) in [5.74, 6) is 0. The molecule has 0 radical (unpaired) electrons. The minimum absolute atomic E-state index is 0.172. The molecule has 1 fully saturated rings. The first-order valence-electron chi connectivity index (χ1n) is 4.80. The first-order chi connectivity index (χ1) is 6.17. The Balaban J connectivity index is 2.82. The number of nitrogens with zero attached hydrogens (tertiary/aromatic N) is 1. The van der Waals surface area contributed by atoms with E-state index in [1.54, 1.807) is 0 Å². The van der Waals surface area contributed by atoms with Crippen molar-refractivity contribution in [3.8, 4) is 0 Å². The van der Waals surface area contributed by atoms with Gasteiger partial charge in [0.2, 0.25) is 0 Å². The second-order valence-corrected chi connectivity index (χ2v) is 3.81. The van der Waals surface area contributed by atoms with Crippen LogP contribution in [0.2, 0.25) is 0 Å². The zero-order chi connectivity index (χ0) is 9.90. The predicted molar refractivity (Wildman–Crippen MR) is 55.6 cm³/mol. The van der Waals surface area contributed by atoms with Crippen LogP contribution in [0.1, 0.15) is 19.8 Å². The second-order valence-electron chi connectivity index (χ2n) is 3.81. The molecule has 0 spiro atoms. The smallest absolute Gasteiger partial charge is 0.0654 e. The molecule has 0 aromatic heterocycles. The summed E-state index contributed by atoms with van der Waals surface area (Å²) in [5.41, 5.74) is 0.892. The van der Waals surface area contributed by atoms with Crippen LogP contribution in [-0.4, -0.2) is 35.2 Å². The molecule has 1 saturated heterocycles. The highest BCUT2D eigenvalue weighted by molar-refractivity contribution is 5.18. The number of aliphatic hydroxyl groups is 1. The molecule has 1 heterocycles.